The van der Waals surface area contributed by atoms with E-state index in [0.717, 1.165) is 26.1 Å². The third kappa shape index (κ3) is 2.09. The Balaban J connectivity index is 1.99. The van der Waals surface area contributed by atoms with Crippen LogP contribution in [0.2, 0.25) is 0 Å². The zero-order valence-electron chi connectivity index (χ0n) is 8.98. The summed E-state index contributed by atoms with van der Waals surface area (Å²) in [7, 11) is 0. The zero-order chi connectivity index (χ0) is 10.0. The molecule has 0 aromatic carbocycles. The van der Waals surface area contributed by atoms with Crippen molar-refractivity contribution in [1.29, 1.82) is 0 Å². The first-order chi connectivity index (χ1) is 6.70. The third-order valence-electron chi connectivity index (χ3n) is 3.78. The lowest BCUT2D eigenvalue weighted by atomic mass is 9.73. The molecule has 2 saturated heterocycles. The topological polar surface area (TPSA) is 24.1 Å². The van der Waals surface area contributed by atoms with Crippen LogP contribution in [0.5, 0.6) is 0 Å². The molecule has 2 N–H and O–H groups in total. The summed E-state index contributed by atoms with van der Waals surface area (Å²) >= 11 is 0. The van der Waals surface area contributed by atoms with Gasteiger partial charge in [0.05, 0.1) is 0 Å². The summed E-state index contributed by atoms with van der Waals surface area (Å²) in [4.78, 5) is 0. The van der Waals surface area contributed by atoms with Crippen LogP contribution in [0.4, 0.5) is 4.39 Å². The van der Waals surface area contributed by atoms with E-state index in [-0.39, 0.29) is 5.92 Å². The van der Waals surface area contributed by atoms with Crippen LogP contribution in [-0.4, -0.2) is 31.8 Å². The van der Waals surface area contributed by atoms with Crippen molar-refractivity contribution in [2.24, 2.45) is 11.8 Å². The van der Waals surface area contributed by atoms with E-state index in [2.05, 4.69) is 10.6 Å². The fourth-order valence-electron chi connectivity index (χ4n) is 2.97. The predicted molar refractivity (Wildman–Crippen MR) is 56.1 cm³/mol. The van der Waals surface area contributed by atoms with E-state index in [9.17, 15) is 4.39 Å². The van der Waals surface area contributed by atoms with Crippen molar-refractivity contribution in [1.82, 2.24) is 10.6 Å². The van der Waals surface area contributed by atoms with Gasteiger partial charge >= 0.3 is 0 Å². The maximum atomic E-state index is 14.2. The smallest absolute Gasteiger partial charge is 0.123 e. The Hall–Kier alpha value is -0.150. The van der Waals surface area contributed by atoms with E-state index in [1.165, 1.54) is 12.8 Å². The Bertz CT molecular complexity index is 188. The fraction of sp³-hybridized carbons (Fsp3) is 1.00. The molecule has 2 nitrogen and oxygen atoms in total. The van der Waals surface area contributed by atoms with Crippen molar-refractivity contribution < 1.29 is 4.39 Å². The minimum Gasteiger partial charge on any atom is -0.316 e. The number of piperidine rings is 2. The average Bonchev–Trinajstić information content (AvgIpc) is 2.18. The molecule has 2 heterocycles. The fourth-order valence-corrected chi connectivity index (χ4v) is 2.97. The molecule has 82 valence electrons. The highest BCUT2D eigenvalue weighted by Gasteiger charge is 2.41. The number of rotatable bonds is 1. The molecule has 2 fully saturated rings. The van der Waals surface area contributed by atoms with Crippen molar-refractivity contribution in [3.63, 3.8) is 0 Å². The first kappa shape index (κ1) is 10.4. The van der Waals surface area contributed by atoms with Crippen molar-refractivity contribution >= 4 is 0 Å². The van der Waals surface area contributed by atoms with Gasteiger partial charge in [0.2, 0.25) is 0 Å². The second kappa shape index (κ2) is 4.15. The van der Waals surface area contributed by atoms with Gasteiger partial charge in [-0.15, -0.1) is 0 Å². The van der Waals surface area contributed by atoms with Crippen molar-refractivity contribution in [2.45, 2.75) is 31.9 Å². The molecule has 0 aromatic rings. The van der Waals surface area contributed by atoms with Crippen molar-refractivity contribution in [2.75, 3.05) is 26.2 Å². The summed E-state index contributed by atoms with van der Waals surface area (Å²) in [6, 6.07) is 0. The molecule has 2 aliphatic rings. The molecule has 0 aromatic heterocycles. The molecule has 0 bridgehead atoms. The summed E-state index contributed by atoms with van der Waals surface area (Å²) in [5, 5.41) is 6.53. The Morgan fingerprint density at radius 3 is 2.71 bits per heavy atom. The predicted octanol–water partition coefficient (Wildman–Crippen LogP) is 1.32. The SMILES string of the molecule is CC1(F)CNCCC1C1CCCNC1. The van der Waals surface area contributed by atoms with Gasteiger partial charge in [0.15, 0.2) is 0 Å². The number of hydrogen-bond donors (Lipinski definition) is 2. The van der Waals surface area contributed by atoms with Crippen LogP contribution in [0.3, 0.4) is 0 Å². The number of nitrogens with one attached hydrogen (secondary N) is 2. The molecular formula is C11H21FN2. The van der Waals surface area contributed by atoms with E-state index in [4.69, 9.17) is 0 Å². The van der Waals surface area contributed by atoms with E-state index in [1.54, 1.807) is 6.92 Å². The number of alkyl halides is 1. The minimum absolute atomic E-state index is 0.261. The van der Waals surface area contributed by atoms with Crippen molar-refractivity contribution in [3.05, 3.63) is 0 Å². The van der Waals surface area contributed by atoms with Crippen LogP contribution >= 0.6 is 0 Å². The molecule has 0 amide bonds. The van der Waals surface area contributed by atoms with Gasteiger partial charge < -0.3 is 10.6 Å². The molecule has 0 aliphatic carbocycles. The standard InChI is InChI=1S/C11H21FN2/c1-11(12)8-14-6-4-10(11)9-3-2-5-13-7-9/h9-10,13-14H,2-8H2,1H3. The molecule has 14 heavy (non-hydrogen) atoms. The van der Waals surface area contributed by atoms with Gasteiger partial charge in [-0.05, 0) is 57.7 Å². The lowest BCUT2D eigenvalue weighted by Crippen LogP contribution is -2.52. The van der Waals surface area contributed by atoms with Gasteiger partial charge in [0.1, 0.15) is 5.67 Å². The summed E-state index contributed by atoms with van der Waals surface area (Å²) in [5.74, 6) is 0.817. The Morgan fingerprint density at radius 1 is 1.21 bits per heavy atom. The van der Waals surface area contributed by atoms with Crippen LogP contribution in [0.15, 0.2) is 0 Å². The van der Waals surface area contributed by atoms with Crippen LogP contribution in [0.1, 0.15) is 26.2 Å². The van der Waals surface area contributed by atoms with Crippen LogP contribution < -0.4 is 10.6 Å². The molecule has 2 rings (SSSR count). The molecule has 2 aliphatic heterocycles. The summed E-state index contributed by atoms with van der Waals surface area (Å²) in [6.45, 7) is 5.42. The lowest BCUT2D eigenvalue weighted by molar-refractivity contribution is 0.0249. The summed E-state index contributed by atoms with van der Waals surface area (Å²) < 4.78 is 14.2. The average molecular weight is 200 g/mol. The Morgan fingerprint density at radius 2 is 2.07 bits per heavy atom. The molecule has 3 atom stereocenters. The van der Waals surface area contributed by atoms with Gasteiger partial charge in [-0.25, -0.2) is 4.39 Å². The monoisotopic (exact) mass is 200 g/mol. The second-order valence-electron chi connectivity index (χ2n) is 4.96. The van der Waals surface area contributed by atoms with E-state index in [1.807, 2.05) is 0 Å². The highest BCUT2D eigenvalue weighted by Crippen LogP contribution is 2.36. The number of hydrogen-bond acceptors (Lipinski definition) is 2. The summed E-state index contributed by atoms with van der Waals surface area (Å²) in [6.07, 6.45) is 3.42. The maximum Gasteiger partial charge on any atom is 0.123 e. The molecular weight excluding hydrogens is 179 g/mol. The third-order valence-corrected chi connectivity index (χ3v) is 3.78. The highest BCUT2D eigenvalue weighted by atomic mass is 19.1. The van der Waals surface area contributed by atoms with E-state index in [0.29, 0.717) is 12.5 Å². The van der Waals surface area contributed by atoms with Gasteiger partial charge in [0, 0.05) is 6.54 Å². The van der Waals surface area contributed by atoms with Crippen LogP contribution in [-0.2, 0) is 0 Å². The highest BCUT2D eigenvalue weighted by molar-refractivity contribution is 4.94. The van der Waals surface area contributed by atoms with Gasteiger partial charge in [-0.3, -0.25) is 0 Å². The number of halogens is 1. The molecule has 3 unspecified atom stereocenters. The summed E-state index contributed by atoms with van der Waals surface area (Å²) in [5.41, 5.74) is -0.998. The molecule has 0 radical (unpaired) electrons. The first-order valence-corrected chi connectivity index (χ1v) is 5.80. The Labute approximate surface area is 85.6 Å². The molecule has 0 saturated carbocycles. The normalized spacial score (nSPS) is 45.0. The van der Waals surface area contributed by atoms with E-state index >= 15 is 0 Å². The second-order valence-corrected chi connectivity index (χ2v) is 4.96. The van der Waals surface area contributed by atoms with Gasteiger partial charge in [-0.1, -0.05) is 0 Å². The van der Waals surface area contributed by atoms with Crippen LogP contribution in [0.25, 0.3) is 0 Å². The van der Waals surface area contributed by atoms with Gasteiger partial charge in [-0.2, -0.15) is 0 Å². The zero-order valence-corrected chi connectivity index (χ0v) is 8.98. The largest absolute Gasteiger partial charge is 0.316 e. The van der Waals surface area contributed by atoms with Crippen molar-refractivity contribution in [3.8, 4) is 0 Å². The molecule has 3 heteroatoms. The van der Waals surface area contributed by atoms with Gasteiger partial charge in [0.25, 0.3) is 0 Å². The molecule has 0 spiro atoms. The quantitative estimate of drug-likeness (QED) is 0.667. The minimum atomic E-state index is -0.998. The maximum absolute atomic E-state index is 14.2. The first-order valence-electron chi connectivity index (χ1n) is 5.80. The van der Waals surface area contributed by atoms with Crippen LogP contribution in [0, 0.1) is 11.8 Å². The lowest BCUT2D eigenvalue weighted by Gasteiger charge is -2.41. The van der Waals surface area contributed by atoms with E-state index < -0.39 is 5.67 Å². The Kier molecular flexibility index (Phi) is 3.07.